The van der Waals surface area contributed by atoms with Crippen LogP contribution in [0.3, 0.4) is 0 Å². The predicted molar refractivity (Wildman–Crippen MR) is 90.2 cm³/mol. The van der Waals surface area contributed by atoms with Crippen molar-refractivity contribution in [3.05, 3.63) is 65.2 Å². The van der Waals surface area contributed by atoms with Gasteiger partial charge in [-0.05, 0) is 35.6 Å². The average molecular weight is 310 g/mol. The quantitative estimate of drug-likeness (QED) is 0.892. The number of rotatable bonds is 5. The number of amides is 1. The highest BCUT2D eigenvalue weighted by molar-refractivity contribution is 5.77. The molecule has 120 valence electrons. The molecule has 1 aliphatic carbocycles. The fraction of sp³-hybridized carbons (Fsp3) is 0.316. The van der Waals surface area contributed by atoms with E-state index in [4.69, 9.17) is 10.5 Å². The van der Waals surface area contributed by atoms with Crippen LogP contribution in [0.15, 0.2) is 48.5 Å². The van der Waals surface area contributed by atoms with Crippen LogP contribution >= 0.6 is 0 Å². The first kappa shape index (κ1) is 15.6. The molecular weight excluding hydrogens is 288 g/mol. The molecular formula is C19H22N2O2. The molecule has 2 unspecified atom stereocenters. The lowest BCUT2D eigenvalue weighted by Crippen LogP contribution is -2.30. The Morgan fingerprint density at radius 1 is 1.26 bits per heavy atom. The largest absolute Gasteiger partial charge is 0.496 e. The fourth-order valence-electron chi connectivity index (χ4n) is 3.23. The molecule has 0 spiro atoms. The van der Waals surface area contributed by atoms with Gasteiger partial charge in [-0.15, -0.1) is 0 Å². The maximum Gasteiger partial charge on any atom is 0.222 e. The van der Waals surface area contributed by atoms with Crippen molar-refractivity contribution in [1.82, 2.24) is 5.32 Å². The Kier molecular flexibility index (Phi) is 4.63. The molecule has 0 bridgehead atoms. The lowest BCUT2D eigenvalue weighted by Gasteiger charge is -2.17. The Bertz CT molecular complexity index is 685. The van der Waals surface area contributed by atoms with Crippen molar-refractivity contribution in [3.8, 4) is 5.75 Å². The summed E-state index contributed by atoms with van der Waals surface area (Å²) >= 11 is 0. The van der Waals surface area contributed by atoms with E-state index in [0.29, 0.717) is 6.42 Å². The van der Waals surface area contributed by atoms with Crippen LogP contribution in [0.2, 0.25) is 0 Å². The van der Waals surface area contributed by atoms with Gasteiger partial charge in [0.05, 0.1) is 13.2 Å². The maximum absolute atomic E-state index is 12.3. The highest BCUT2D eigenvalue weighted by atomic mass is 16.5. The van der Waals surface area contributed by atoms with Crippen LogP contribution in [-0.4, -0.2) is 13.0 Å². The van der Waals surface area contributed by atoms with Crippen molar-refractivity contribution >= 4 is 5.91 Å². The third kappa shape index (κ3) is 3.37. The van der Waals surface area contributed by atoms with Crippen LogP contribution in [0, 0.1) is 0 Å². The first-order valence-electron chi connectivity index (χ1n) is 7.94. The minimum Gasteiger partial charge on any atom is -0.496 e. The lowest BCUT2D eigenvalue weighted by atomic mass is 10.0. The average Bonchev–Trinajstić information content (AvgIpc) is 2.98. The first-order chi connectivity index (χ1) is 11.2. The van der Waals surface area contributed by atoms with Gasteiger partial charge in [-0.1, -0.05) is 42.5 Å². The number of methoxy groups -OCH3 is 1. The molecule has 0 fully saturated rings. The summed E-state index contributed by atoms with van der Waals surface area (Å²) in [6.07, 6.45) is 2.12. The molecule has 4 nitrogen and oxygen atoms in total. The van der Waals surface area contributed by atoms with E-state index in [-0.39, 0.29) is 18.0 Å². The van der Waals surface area contributed by atoms with Crippen molar-refractivity contribution in [2.24, 2.45) is 5.73 Å². The molecule has 1 amide bonds. The normalized spacial score (nSPS) is 17.4. The number of benzene rings is 2. The number of fused-ring (bicyclic) bond motifs is 1. The molecule has 2 aromatic carbocycles. The summed E-state index contributed by atoms with van der Waals surface area (Å²) in [7, 11) is 1.68. The van der Waals surface area contributed by atoms with E-state index >= 15 is 0 Å². The number of ether oxygens (including phenoxy) is 1. The Hall–Kier alpha value is -2.33. The Morgan fingerprint density at radius 3 is 2.78 bits per heavy atom. The molecule has 3 rings (SSSR count). The molecule has 0 saturated carbocycles. The lowest BCUT2D eigenvalue weighted by molar-refractivity contribution is -0.122. The van der Waals surface area contributed by atoms with Crippen LogP contribution in [0.5, 0.6) is 5.75 Å². The highest BCUT2D eigenvalue weighted by Crippen LogP contribution is 2.36. The standard InChI is InChI=1S/C19H22N2O2/c1-23-18-9-5-8-14-15(18)10-11-17(14)21-19(22)12-16(20)13-6-3-2-4-7-13/h2-9,16-17H,10-12,20H2,1H3,(H,21,22). The zero-order chi connectivity index (χ0) is 16.2. The number of hydrogen-bond acceptors (Lipinski definition) is 3. The van der Waals surface area contributed by atoms with Crippen molar-refractivity contribution in [3.63, 3.8) is 0 Å². The molecule has 2 atom stereocenters. The van der Waals surface area contributed by atoms with Crippen LogP contribution < -0.4 is 15.8 Å². The zero-order valence-electron chi connectivity index (χ0n) is 13.3. The van der Waals surface area contributed by atoms with Crippen molar-refractivity contribution in [1.29, 1.82) is 0 Å². The third-order valence-electron chi connectivity index (χ3n) is 4.42. The second-order valence-electron chi connectivity index (χ2n) is 5.91. The van der Waals surface area contributed by atoms with Gasteiger partial charge < -0.3 is 15.8 Å². The van der Waals surface area contributed by atoms with Gasteiger partial charge >= 0.3 is 0 Å². The van der Waals surface area contributed by atoms with E-state index in [9.17, 15) is 4.79 Å². The van der Waals surface area contributed by atoms with E-state index in [1.807, 2.05) is 42.5 Å². The molecule has 0 saturated heterocycles. The molecule has 0 aliphatic heterocycles. The number of nitrogens with two attached hydrogens (primary N) is 1. The van der Waals surface area contributed by atoms with E-state index in [0.717, 1.165) is 29.7 Å². The van der Waals surface area contributed by atoms with Gasteiger partial charge in [0.15, 0.2) is 0 Å². The van der Waals surface area contributed by atoms with E-state index < -0.39 is 0 Å². The van der Waals surface area contributed by atoms with Gasteiger partial charge in [-0.25, -0.2) is 0 Å². The topological polar surface area (TPSA) is 64.3 Å². The van der Waals surface area contributed by atoms with E-state index in [2.05, 4.69) is 11.4 Å². The molecule has 3 N–H and O–H groups in total. The van der Waals surface area contributed by atoms with Crippen molar-refractivity contribution in [2.45, 2.75) is 31.3 Å². The number of hydrogen-bond donors (Lipinski definition) is 2. The first-order valence-corrected chi connectivity index (χ1v) is 7.94. The zero-order valence-corrected chi connectivity index (χ0v) is 13.3. The van der Waals surface area contributed by atoms with Gasteiger partial charge in [0.2, 0.25) is 5.91 Å². The Labute approximate surface area is 136 Å². The van der Waals surface area contributed by atoms with Gasteiger partial charge in [0.1, 0.15) is 5.75 Å². The smallest absolute Gasteiger partial charge is 0.222 e. The molecule has 0 radical (unpaired) electrons. The number of carbonyl (C=O) groups excluding carboxylic acids is 1. The third-order valence-corrected chi connectivity index (χ3v) is 4.42. The molecule has 0 heterocycles. The second kappa shape index (κ2) is 6.84. The Balaban J connectivity index is 1.64. The van der Waals surface area contributed by atoms with Crippen LogP contribution in [0.1, 0.15) is 41.6 Å². The maximum atomic E-state index is 12.3. The number of nitrogens with one attached hydrogen (secondary N) is 1. The van der Waals surface area contributed by atoms with E-state index in [1.165, 1.54) is 5.56 Å². The van der Waals surface area contributed by atoms with Gasteiger partial charge in [0.25, 0.3) is 0 Å². The summed E-state index contributed by atoms with van der Waals surface area (Å²) in [4.78, 5) is 12.3. The van der Waals surface area contributed by atoms with Crippen LogP contribution in [-0.2, 0) is 11.2 Å². The molecule has 4 heteroatoms. The fourth-order valence-corrected chi connectivity index (χ4v) is 3.23. The van der Waals surface area contributed by atoms with Crippen molar-refractivity contribution < 1.29 is 9.53 Å². The summed E-state index contributed by atoms with van der Waals surface area (Å²) in [5.74, 6) is 0.891. The monoisotopic (exact) mass is 310 g/mol. The number of carbonyl (C=O) groups is 1. The summed E-state index contributed by atoms with van der Waals surface area (Å²) in [6, 6.07) is 15.5. The summed E-state index contributed by atoms with van der Waals surface area (Å²) in [6.45, 7) is 0. The van der Waals surface area contributed by atoms with Crippen LogP contribution in [0.25, 0.3) is 0 Å². The Morgan fingerprint density at radius 2 is 2.04 bits per heavy atom. The van der Waals surface area contributed by atoms with Gasteiger partial charge in [-0.3, -0.25) is 4.79 Å². The van der Waals surface area contributed by atoms with Gasteiger partial charge in [-0.2, -0.15) is 0 Å². The molecule has 2 aromatic rings. The highest BCUT2D eigenvalue weighted by Gasteiger charge is 2.26. The van der Waals surface area contributed by atoms with E-state index in [1.54, 1.807) is 7.11 Å². The van der Waals surface area contributed by atoms with Crippen LogP contribution in [0.4, 0.5) is 0 Å². The molecule has 0 aromatic heterocycles. The SMILES string of the molecule is COc1cccc2c1CCC2NC(=O)CC(N)c1ccccc1. The summed E-state index contributed by atoms with van der Waals surface area (Å²) < 4.78 is 5.40. The second-order valence-corrected chi connectivity index (χ2v) is 5.91. The molecule has 23 heavy (non-hydrogen) atoms. The van der Waals surface area contributed by atoms with Crippen molar-refractivity contribution in [2.75, 3.05) is 7.11 Å². The minimum absolute atomic E-state index is 0.0120. The minimum atomic E-state index is -0.276. The summed E-state index contributed by atoms with van der Waals surface area (Å²) in [5, 5.41) is 3.11. The molecule has 1 aliphatic rings. The van der Waals surface area contributed by atoms with Gasteiger partial charge in [0, 0.05) is 12.5 Å². The predicted octanol–water partition coefficient (Wildman–Crippen LogP) is 2.89. The summed E-state index contributed by atoms with van der Waals surface area (Å²) in [5.41, 5.74) is 9.47.